The summed E-state index contributed by atoms with van der Waals surface area (Å²) in [4.78, 5) is 0. The predicted molar refractivity (Wildman–Crippen MR) is 71.0 cm³/mol. The minimum atomic E-state index is 0.650. The van der Waals surface area contributed by atoms with Crippen LogP contribution in [0.5, 0.6) is 0 Å². The zero-order chi connectivity index (χ0) is 12.1. The van der Waals surface area contributed by atoms with Crippen molar-refractivity contribution in [3.05, 3.63) is 18.0 Å². The largest absolute Gasteiger partial charge is 0.314 e. The molecule has 2 rings (SSSR count). The first-order valence-electron chi connectivity index (χ1n) is 7.08. The van der Waals surface area contributed by atoms with Crippen molar-refractivity contribution >= 4 is 0 Å². The molecule has 1 aromatic rings. The lowest BCUT2D eigenvalue weighted by atomic mass is 9.93. The molecule has 17 heavy (non-hydrogen) atoms. The fourth-order valence-corrected chi connectivity index (χ4v) is 2.97. The second-order valence-corrected chi connectivity index (χ2v) is 5.12. The monoisotopic (exact) mass is 235 g/mol. The van der Waals surface area contributed by atoms with Gasteiger partial charge in [0.25, 0.3) is 0 Å². The molecule has 0 bridgehead atoms. The SMILES string of the molecule is CCNC(Cc1cnn(CC)c1)C1CCCC1. The van der Waals surface area contributed by atoms with Crippen LogP contribution >= 0.6 is 0 Å². The first-order chi connectivity index (χ1) is 8.33. The van der Waals surface area contributed by atoms with Gasteiger partial charge in [0.2, 0.25) is 0 Å². The molecule has 1 aliphatic carbocycles. The van der Waals surface area contributed by atoms with Crippen molar-refractivity contribution in [2.45, 2.75) is 58.5 Å². The molecule has 0 amide bonds. The van der Waals surface area contributed by atoms with Gasteiger partial charge in [-0.25, -0.2) is 0 Å². The molecule has 1 aliphatic rings. The fourth-order valence-electron chi connectivity index (χ4n) is 2.97. The molecule has 1 saturated carbocycles. The van der Waals surface area contributed by atoms with Crippen LogP contribution in [0.3, 0.4) is 0 Å². The Labute approximate surface area is 105 Å². The Balaban J connectivity index is 1.96. The molecule has 1 heterocycles. The van der Waals surface area contributed by atoms with Crippen LogP contribution in [0, 0.1) is 5.92 Å². The highest BCUT2D eigenvalue weighted by Gasteiger charge is 2.24. The van der Waals surface area contributed by atoms with Gasteiger partial charge < -0.3 is 5.32 Å². The van der Waals surface area contributed by atoms with Crippen LogP contribution in [-0.4, -0.2) is 22.4 Å². The Hall–Kier alpha value is -0.830. The van der Waals surface area contributed by atoms with E-state index in [0.29, 0.717) is 6.04 Å². The summed E-state index contributed by atoms with van der Waals surface area (Å²) in [5, 5.41) is 8.03. The Bertz CT molecular complexity index is 326. The number of rotatable bonds is 6. The summed E-state index contributed by atoms with van der Waals surface area (Å²) >= 11 is 0. The molecular formula is C14H25N3. The molecule has 1 fully saturated rings. The maximum Gasteiger partial charge on any atom is 0.0522 e. The number of hydrogen-bond donors (Lipinski definition) is 1. The molecule has 96 valence electrons. The van der Waals surface area contributed by atoms with E-state index in [4.69, 9.17) is 0 Å². The van der Waals surface area contributed by atoms with E-state index in [0.717, 1.165) is 25.4 Å². The van der Waals surface area contributed by atoms with E-state index in [1.807, 2.05) is 10.9 Å². The molecule has 3 heteroatoms. The first kappa shape index (κ1) is 12.6. The molecule has 0 radical (unpaired) electrons. The predicted octanol–water partition coefficient (Wildman–Crippen LogP) is 2.61. The lowest BCUT2D eigenvalue weighted by Crippen LogP contribution is -2.36. The van der Waals surface area contributed by atoms with Crippen LogP contribution < -0.4 is 5.32 Å². The Kier molecular flexibility index (Phi) is 4.60. The van der Waals surface area contributed by atoms with E-state index >= 15 is 0 Å². The van der Waals surface area contributed by atoms with E-state index in [-0.39, 0.29) is 0 Å². The normalized spacial score (nSPS) is 18.7. The van der Waals surface area contributed by atoms with E-state index in [9.17, 15) is 0 Å². The van der Waals surface area contributed by atoms with Crippen LogP contribution in [0.25, 0.3) is 0 Å². The molecule has 1 N–H and O–H groups in total. The van der Waals surface area contributed by atoms with Gasteiger partial charge in [-0.05, 0) is 44.2 Å². The van der Waals surface area contributed by atoms with Gasteiger partial charge in [-0.15, -0.1) is 0 Å². The summed E-state index contributed by atoms with van der Waals surface area (Å²) in [5.74, 6) is 0.875. The smallest absolute Gasteiger partial charge is 0.0522 e. The Morgan fingerprint density at radius 2 is 2.18 bits per heavy atom. The third-order valence-corrected chi connectivity index (χ3v) is 3.90. The van der Waals surface area contributed by atoms with Gasteiger partial charge in [0.15, 0.2) is 0 Å². The molecule has 0 spiro atoms. The standard InChI is InChI=1S/C14H25N3/c1-3-15-14(13-7-5-6-8-13)9-12-10-16-17(4-2)11-12/h10-11,13-15H,3-9H2,1-2H3. The van der Waals surface area contributed by atoms with Crippen LogP contribution in [0.1, 0.15) is 45.1 Å². The second kappa shape index (κ2) is 6.20. The van der Waals surface area contributed by atoms with Crippen LogP contribution in [0.4, 0.5) is 0 Å². The molecular weight excluding hydrogens is 210 g/mol. The first-order valence-corrected chi connectivity index (χ1v) is 7.08. The summed E-state index contributed by atoms with van der Waals surface area (Å²) in [7, 11) is 0. The number of aryl methyl sites for hydroxylation is 1. The van der Waals surface area contributed by atoms with Crippen molar-refractivity contribution in [1.29, 1.82) is 0 Å². The van der Waals surface area contributed by atoms with Gasteiger partial charge in [0.05, 0.1) is 6.20 Å². The van der Waals surface area contributed by atoms with Crippen molar-refractivity contribution < 1.29 is 0 Å². The van der Waals surface area contributed by atoms with Gasteiger partial charge in [0, 0.05) is 18.8 Å². The quantitative estimate of drug-likeness (QED) is 0.821. The highest BCUT2D eigenvalue weighted by molar-refractivity contribution is 5.07. The van der Waals surface area contributed by atoms with Crippen molar-refractivity contribution in [3.63, 3.8) is 0 Å². The Morgan fingerprint density at radius 3 is 2.76 bits per heavy atom. The summed E-state index contributed by atoms with van der Waals surface area (Å²) < 4.78 is 2.02. The zero-order valence-corrected chi connectivity index (χ0v) is 11.2. The molecule has 0 aliphatic heterocycles. The summed E-state index contributed by atoms with van der Waals surface area (Å²) in [6.07, 6.45) is 11.0. The third kappa shape index (κ3) is 3.32. The lowest BCUT2D eigenvalue weighted by Gasteiger charge is -2.23. The average molecular weight is 235 g/mol. The Morgan fingerprint density at radius 1 is 1.41 bits per heavy atom. The average Bonchev–Trinajstić information content (AvgIpc) is 2.99. The van der Waals surface area contributed by atoms with Crippen molar-refractivity contribution in [1.82, 2.24) is 15.1 Å². The van der Waals surface area contributed by atoms with Gasteiger partial charge >= 0.3 is 0 Å². The van der Waals surface area contributed by atoms with Gasteiger partial charge in [-0.2, -0.15) is 5.10 Å². The van der Waals surface area contributed by atoms with E-state index in [1.165, 1.54) is 31.2 Å². The van der Waals surface area contributed by atoms with Crippen molar-refractivity contribution in [3.8, 4) is 0 Å². The number of nitrogens with one attached hydrogen (secondary N) is 1. The van der Waals surface area contributed by atoms with Gasteiger partial charge in [-0.3, -0.25) is 4.68 Å². The topological polar surface area (TPSA) is 29.9 Å². The van der Waals surface area contributed by atoms with E-state index in [2.05, 4.69) is 30.5 Å². The van der Waals surface area contributed by atoms with E-state index < -0.39 is 0 Å². The molecule has 0 saturated heterocycles. The fraction of sp³-hybridized carbons (Fsp3) is 0.786. The maximum atomic E-state index is 4.36. The summed E-state index contributed by atoms with van der Waals surface area (Å²) in [5.41, 5.74) is 1.38. The minimum absolute atomic E-state index is 0.650. The third-order valence-electron chi connectivity index (χ3n) is 3.90. The number of aromatic nitrogens is 2. The van der Waals surface area contributed by atoms with Crippen molar-refractivity contribution in [2.75, 3.05) is 6.54 Å². The minimum Gasteiger partial charge on any atom is -0.314 e. The van der Waals surface area contributed by atoms with Crippen molar-refractivity contribution in [2.24, 2.45) is 5.92 Å². The zero-order valence-electron chi connectivity index (χ0n) is 11.2. The molecule has 0 aromatic carbocycles. The van der Waals surface area contributed by atoms with Crippen LogP contribution in [-0.2, 0) is 13.0 Å². The van der Waals surface area contributed by atoms with Gasteiger partial charge in [0.1, 0.15) is 0 Å². The summed E-state index contributed by atoms with van der Waals surface area (Å²) in [6, 6.07) is 0.650. The molecule has 1 aromatic heterocycles. The highest BCUT2D eigenvalue weighted by Crippen LogP contribution is 2.29. The highest BCUT2D eigenvalue weighted by atomic mass is 15.3. The number of hydrogen-bond acceptors (Lipinski definition) is 2. The molecule has 1 atom stereocenters. The second-order valence-electron chi connectivity index (χ2n) is 5.12. The van der Waals surface area contributed by atoms with E-state index in [1.54, 1.807) is 0 Å². The van der Waals surface area contributed by atoms with Crippen LogP contribution in [0.2, 0.25) is 0 Å². The van der Waals surface area contributed by atoms with Crippen LogP contribution in [0.15, 0.2) is 12.4 Å². The number of likely N-dealkylation sites (N-methyl/N-ethyl adjacent to an activating group) is 1. The number of nitrogens with zero attached hydrogens (tertiary/aromatic N) is 2. The molecule has 1 unspecified atom stereocenters. The lowest BCUT2D eigenvalue weighted by molar-refractivity contribution is 0.362. The van der Waals surface area contributed by atoms with Gasteiger partial charge in [-0.1, -0.05) is 19.8 Å². The molecule has 3 nitrogen and oxygen atoms in total. The summed E-state index contributed by atoms with van der Waals surface area (Å²) in [6.45, 7) is 6.38. The maximum absolute atomic E-state index is 4.36.